The van der Waals surface area contributed by atoms with E-state index in [1.165, 1.54) is 31.5 Å². The van der Waals surface area contributed by atoms with E-state index in [0.717, 1.165) is 22.9 Å². The van der Waals surface area contributed by atoms with Gasteiger partial charge in [-0.05, 0) is 61.3 Å². The molecule has 1 heterocycles. The van der Waals surface area contributed by atoms with E-state index < -0.39 is 0 Å². The Kier molecular flexibility index (Phi) is 4.79. The zero-order valence-electron chi connectivity index (χ0n) is 12.1. The quantitative estimate of drug-likeness (QED) is 0.805. The summed E-state index contributed by atoms with van der Waals surface area (Å²) in [6, 6.07) is 16.2. The smallest absolute Gasteiger partial charge is 0.119 e. The molecule has 0 radical (unpaired) electrons. The number of benzene rings is 2. The molecule has 0 amide bonds. The summed E-state index contributed by atoms with van der Waals surface area (Å²) in [7, 11) is 0. The van der Waals surface area contributed by atoms with Gasteiger partial charge in [0.1, 0.15) is 12.4 Å². The molecule has 0 bridgehead atoms. The molecule has 2 nitrogen and oxygen atoms in total. The first-order chi connectivity index (χ1) is 10.3. The van der Waals surface area contributed by atoms with E-state index in [1.54, 1.807) is 0 Å². The van der Waals surface area contributed by atoms with Gasteiger partial charge < -0.3 is 4.74 Å². The van der Waals surface area contributed by atoms with E-state index >= 15 is 0 Å². The van der Waals surface area contributed by atoms with E-state index in [-0.39, 0.29) is 0 Å². The van der Waals surface area contributed by atoms with Gasteiger partial charge in [-0.3, -0.25) is 4.90 Å². The Hall–Kier alpha value is -1.51. The molecule has 1 saturated heterocycles. The van der Waals surface area contributed by atoms with Crippen LogP contribution in [0.25, 0.3) is 0 Å². The fourth-order valence-electron chi connectivity index (χ4n) is 2.68. The Bertz CT molecular complexity index is 576. The third-order valence-electron chi connectivity index (χ3n) is 3.82. The van der Waals surface area contributed by atoms with Crippen molar-refractivity contribution in [2.75, 3.05) is 13.1 Å². The summed E-state index contributed by atoms with van der Waals surface area (Å²) in [4.78, 5) is 2.50. The summed E-state index contributed by atoms with van der Waals surface area (Å²) >= 11 is 5.97. The summed E-state index contributed by atoms with van der Waals surface area (Å²) in [5, 5.41) is 0.747. The van der Waals surface area contributed by atoms with Crippen molar-refractivity contribution in [1.82, 2.24) is 4.90 Å². The highest BCUT2D eigenvalue weighted by Gasteiger charge is 2.11. The summed E-state index contributed by atoms with van der Waals surface area (Å²) in [5.74, 6) is 0.903. The average molecular weight is 302 g/mol. The number of nitrogens with zero attached hydrogens (tertiary/aromatic N) is 1. The van der Waals surface area contributed by atoms with Crippen LogP contribution in [-0.4, -0.2) is 18.0 Å². The lowest BCUT2D eigenvalue weighted by Gasteiger charge is -2.14. The fraction of sp³-hybridized carbons (Fsp3) is 0.333. The molecule has 0 N–H and O–H groups in total. The standard InChI is InChI=1S/C18H20ClNO/c19-17-5-3-4-16(12-17)14-21-18-8-6-15(7-9-18)13-20-10-1-2-11-20/h3-9,12H,1-2,10-11,13-14H2. The van der Waals surface area contributed by atoms with E-state index in [0.29, 0.717) is 6.61 Å². The van der Waals surface area contributed by atoms with Gasteiger partial charge in [-0.15, -0.1) is 0 Å². The van der Waals surface area contributed by atoms with Crippen molar-refractivity contribution in [2.45, 2.75) is 26.0 Å². The fourth-order valence-corrected chi connectivity index (χ4v) is 2.90. The molecule has 1 aliphatic heterocycles. The first kappa shape index (κ1) is 14.4. The SMILES string of the molecule is Clc1cccc(COc2ccc(CN3CCCC3)cc2)c1. The Morgan fingerprint density at radius 2 is 1.71 bits per heavy atom. The molecule has 1 aliphatic rings. The number of hydrogen-bond acceptors (Lipinski definition) is 2. The van der Waals surface area contributed by atoms with Crippen LogP contribution < -0.4 is 4.74 Å². The van der Waals surface area contributed by atoms with Crippen LogP contribution in [0.5, 0.6) is 5.75 Å². The minimum atomic E-state index is 0.548. The number of likely N-dealkylation sites (tertiary alicyclic amines) is 1. The second kappa shape index (κ2) is 6.97. The van der Waals surface area contributed by atoms with Gasteiger partial charge in [0.25, 0.3) is 0 Å². The van der Waals surface area contributed by atoms with Crippen molar-refractivity contribution in [1.29, 1.82) is 0 Å². The molecule has 1 fully saturated rings. The minimum absolute atomic E-state index is 0.548. The van der Waals surface area contributed by atoms with Crippen LogP contribution in [0, 0.1) is 0 Å². The molecular formula is C18H20ClNO. The number of hydrogen-bond donors (Lipinski definition) is 0. The molecule has 0 saturated carbocycles. The molecule has 3 heteroatoms. The van der Waals surface area contributed by atoms with Crippen LogP contribution in [0.2, 0.25) is 5.02 Å². The lowest BCUT2D eigenvalue weighted by atomic mass is 10.2. The van der Waals surface area contributed by atoms with Crippen LogP contribution >= 0.6 is 11.6 Å². The van der Waals surface area contributed by atoms with Crippen molar-refractivity contribution in [2.24, 2.45) is 0 Å². The molecule has 0 aliphatic carbocycles. The molecule has 0 aromatic heterocycles. The van der Waals surface area contributed by atoms with E-state index in [2.05, 4.69) is 29.2 Å². The van der Waals surface area contributed by atoms with Gasteiger partial charge in [0.15, 0.2) is 0 Å². The zero-order valence-corrected chi connectivity index (χ0v) is 12.9. The van der Waals surface area contributed by atoms with Gasteiger partial charge in [-0.1, -0.05) is 35.9 Å². The highest BCUT2D eigenvalue weighted by Crippen LogP contribution is 2.18. The lowest BCUT2D eigenvalue weighted by Crippen LogP contribution is -2.18. The van der Waals surface area contributed by atoms with Gasteiger partial charge in [0.05, 0.1) is 0 Å². The summed E-state index contributed by atoms with van der Waals surface area (Å²) in [5.41, 5.74) is 2.44. The van der Waals surface area contributed by atoms with Crippen LogP contribution in [0.1, 0.15) is 24.0 Å². The van der Waals surface area contributed by atoms with Crippen LogP contribution in [0.4, 0.5) is 0 Å². The molecule has 0 atom stereocenters. The predicted molar refractivity (Wildman–Crippen MR) is 86.7 cm³/mol. The molecular weight excluding hydrogens is 282 g/mol. The maximum atomic E-state index is 5.97. The van der Waals surface area contributed by atoms with Crippen LogP contribution in [-0.2, 0) is 13.2 Å². The van der Waals surface area contributed by atoms with Gasteiger partial charge in [0.2, 0.25) is 0 Å². The van der Waals surface area contributed by atoms with Gasteiger partial charge >= 0.3 is 0 Å². The Balaban J connectivity index is 1.54. The van der Waals surface area contributed by atoms with Gasteiger partial charge in [0, 0.05) is 11.6 Å². The van der Waals surface area contributed by atoms with Crippen molar-refractivity contribution < 1.29 is 4.74 Å². The second-order valence-corrected chi connectivity index (χ2v) is 5.98. The Labute approximate surface area is 131 Å². The van der Waals surface area contributed by atoms with Gasteiger partial charge in [-0.2, -0.15) is 0 Å². The van der Waals surface area contributed by atoms with Crippen LogP contribution in [0.15, 0.2) is 48.5 Å². The largest absolute Gasteiger partial charge is 0.489 e. The maximum Gasteiger partial charge on any atom is 0.119 e. The van der Waals surface area contributed by atoms with Crippen molar-refractivity contribution in [3.05, 3.63) is 64.7 Å². The van der Waals surface area contributed by atoms with Crippen molar-refractivity contribution >= 4 is 11.6 Å². The minimum Gasteiger partial charge on any atom is -0.489 e. The topological polar surface area (TPSA) is 12.5 Å². The Morgan fingerprint density at radius 3 is 2.43 bits per heavy atom. The highest BCUT2D eigenvalue weighted by molar-refractivity contribution is 6.30. The zero-order chi connectivity index (χ0) is 14.5. The molecule has 0 unspecified atom stereocenters. The third kappa shape index (κ3) is 4.23. The van der Waals surface area contributed by atoms with Crippen molar-refractivity contribution in [3.63, 3.8) is 0 Å². The maximum absolute atomic E-state index is 5.97. The normalized spacial score (nSPS) is 15.3. The molecule has 3 rings (SSSR count). The molecule has 0 spiro atoms. The molecule has 21 heavy (non-hydrogen) atoms. The average Bonchev–Trinajstić information content (AvgIpc) is 3.00. The number of halogens is 1. The second-order valence-electron chi connectivity index (χ2n) is 5.55. The van der Waals surface area contributed by atoms with E-state index in [4.69, 9.17) is 16.3 Å². The first-order valence-corrected chi connectivity index (χ1v) is 7.86. The lowest BCUT2D eigenvalue weighted by molar-refractivity contribution is 0.305. The molecule has 110 valence electrons. The highest BCUT2D eigenvalue weighted by atomic mass is 35.5. The van der Waals surface area contributed by atoms with Crippen molar-refractivity contribution in [3.8, 4) is 5.75 Å². The molecule has 2 aromatic rings. The van der Waals surface area contributed by atoms with Crippen LogP contribution in [0.3, 0.4) is 0 Å². The summed E-state index contributed by atoms with van der Waals surface area (Å²) in [6.45, 7) is 4.06. The number of rotatable bonds is 5. The van der Waals surface area contributed by atoms with Gasteiger partial charge in [-0.25, -0.2) is 0 Å². The predicted octanol–water partition coefficient (Wildman–Crippen LogP) is 4.51. The monoisotopic (exact) mass is 301 g/mol. The molecule has 2 aromatic carbocycles. The summed E-state index contributed by atoms with van der Waals surface area (Å²) < 4.78 is 5.80. The Morgan fingerprint density at radius 1 is 0.952 bits per heavy atom. The number of ether oxygens (including phenoxy) is 1. The van der Waals surface area contributed by atoms with E-state index in [1.807, 2.05) is 24.3 Å². The first-order valence-electron chi connectivity index (χ1n) is 7.48. The summed E-state index contributed by atoms with van der Waals surface area (Å²) in [6.07, 6.45) is 2.67. The van der Waals surface area contributed by atoms with E-state index in [9.17, 15) is 0 Å². The third-order valence-corrected chi connectivity index (χ3v) is 4.06.